The lowest BCUT2D eigenvalue weighted by molar-refractivity contribution is 0.103. The van der Waals surface area contributed by atoms with Gasteiger partial charge in [-0.1, -0.05) is 87.4 Å². The molecule has 0 aliphatic rings. The normalized spacial score (nSPS) is 14.3. The quantitative estimate of drug-likeness (QED) is 0.676. The second-order valence-corrected chi connectivity index (χ2v) is 9.38. The van der Waals surface area contributed by atoms with Crippen LogP contribution in [0.2, 0.25) is 0 Å². The minimum absolute atomic E-state index is 0.0706. The van der Waals surface area contributed by atoms with E-state index in [2.05, 4.69) is 13.8 Å². The molecule has 2 aromatic rings. The summed E-state index contributed by atoms with van der Waals surface area (Å²) < 4.78 is 14.1. The second kappa shape index (κ2) is 9.20. The average Bonchev–Trinajstić information content (AvgIpc) is 2.63. The lowest BCUT2D eigenvalue weighted by Gasteiger charge is -2.28. The third-order valence-electron chi connectivity index (χ3n) is 4.63. The maximum Gasteiger partial charge on any atom is 0.143 e. The van der Waals surface area contributed by atoms with Gasteiger partial charge in [-0.15, -0.1) is 0 Å². The topological polar surface area (TPSA) is 37.3 Å². The summed E-state index contributed by atoms with van der Waals surface area (Å²) in [6, 6.07) is 19.5. The SMILES string of the molecule is CCC[C@@H](CP(=O)(c1ccccc1)c1ccccc1)[C@@H](O)CCC. The average molecular weight is 344 g/mol. The van der Waals surface area contributed by atoms with Crippen molar-refractivity contribution in [1.82, 2.24) is 0 Å². The summed E-state index contributed by atoms with van der Waals surface area (Å²) in [4.78, 5) is 0. The molecule has 0 heterocycles. The van der Waals surface area contributed by atoms with Gasteiger partial charge in [-0.3, -0.25) is 0 Å². The Morgan fingerprint density at radius 3 is 1.71 bits per heavy atom. The van der Waals surface area contributed by atoms with Crippen molar-refractivity contribution >= 4 is 17.8 Å². The lowest BCUT2D eigenvalue weighted by atomic mass is 9.96. The van der Waals surface area contributed by atoms with E-state index in [0.29, 0.717) is 6.16 Å². The molecule has 0 aromatic heterocycles. The molecule has 2 nitrogen and oxygen atoms in total. The van der Waals surface area contributed by atoms with Crippen LogP contribution in [0.5, 0.6) is 0 Å². The summed E-state index contributed by atoms with van der Waals surface area (Å²) in [5, 5.41) is 12.4. The molecule has 0 aliphatic heterocycles. The van der Waals surface area contributed by atoms with Crippen molar-refractivity contribution < 1.29 is 9.67 Å². The summed E-state index contributed by atoms with van der Waals surface area (Å²) in [5.74, 6) is 0.0706. The Bertz CT molecular complexity index is 596. The first-order chi connectivity index (χ1) is 11.6. The molecule has 0 saturated heterocycles. The summed E-state index contributed by atoms with van der Waals surface area (Å²) in [6.45, 7) is 4.21. The fourth-order valence-electron chi connectivity index (χ4n) is 3.34. The summed E-state index contributed by atoms with van der Waals surface area (Å²) in [6.07, 6.45) is 3.78. The van der Waals surface area contributed by atoms with E-state index in [1.807, 2.05) is 60.7 Å². The number of aliphatic hydroxyl groups excluding tert-OH is 1. The zero-order valence-electron chi connectivity index (χ0n) is 14.8. The molecule has 24 heavy (non-hydrogen) atoms. The molecule has 0 saturated carbocycles. The van der Waals surface area contributed by atoms with E-state index in [1.165, 1.54) is 0 Å². The van der Waals surface area contributed by atoms with Crippen molar-refractivity contribution in [2.45, 2.75) is 45.6 Å². The highest BCUT2D eigenvalue weighted by Crippen LogP contribution is 2.46. The highest BCUT2D eigenvalue weighted by molar-refractivity contribution is 7.78. The number of rotatable bonds is 9. The van der Waals surface area contributed by atoms with E-state index in [4.69, 9.17) is 0 Å². The number of hydrogen-bond donors (Lipinski definition) is 1. The zero-order chi connectivity index (χ0) is 17.4. The van der Waals surface area contributed by atoms with Crippen molar-refractivity contribution in [3.8, 4) is 0 Å². The first-order valence-corrected chi connectivity index (χ1v) is 10.9. The van der Waals surface area contributed by atoms with Crippen molar-refractivity contribution in [2.75, 3.05) is 6.16 Å². The molecule has 0 fully saturated rings. The molecule has 1 N–H and O–H groups in total. The van der Waals surface area contributed by atoms with Gasteiger partial charge < -0.3 is 9.67 Å². The van der Waals surface area contributed by atoms with Crippen molar-refractivity contribution in [2.24, 2.45) is 5.92 Å². The van der Waals surface area contributed by atoms with E-state index in [9.17, 15) is 9.67 Å². The van der Waals surface area contributed by atoms with E-state index in [-0.39, 0.29) is 12.0 Å². The molecule has 0 radical (unpaired) electrons. The van der Waals surface area contributed by atoms with Gasteiger partial charge >= 0.3 is 0 Å². The first-order valence-electron chi connectivity index (χ1n) is 9.00. The molecule has 0 amide bonds. The summed E-state index contributed by atoms with van der Waals surface area (Å²) >= 11 is 0. The highest BCUT2D eigenvalue weighted by atomic mass is 31.2. The van der Waals surface area contributed by atoms with Gasteiger partial charge in [0.2, 0.25) is 0 Å². The van der Waals surface area contributed by atoms with Crippen LogP contribution in [0.3, 0.4) is 0 Å². The summed E-state index contributed by atoms with van der Waals surface area (Å²) in [7, 11) is -2.75. The molecule has 0 bridgehead atoms. The minimum Gasteiger partial charge on any atom is -0.393 e. The van der Waals surface area contributed by atoms with Gasteiger partial charge in [-0.2, -0.15) is 0 Å². The van der Waals surface area contributed by atoms with Crippen molar-refractivity contribution in [1.29, 1.82) is 0 Å². The molecule has 2 rings (SSSR count). The largest absolute Gasteiger partial charge is 0.393 e. The maximum atomic E-state index is 14.1. The van der Waals surface area contributed by atoms with Gasteiger partial charge in [0.1, 0.15) is 7.14 Å². The van der Waals surface area contributed by atoms with Gasteiger partial charge in [0.05, 0.1) is 6.10 Å². The zero-order valence-corrected chi connectivity index (χ0v) is 15.7. The van der Waals surface area contributed by atoms with Gasteiger partial charge in [0, 0.05) is 16.8 Å². The van der Waals surface area contributed by atoms with Crippen LogP contribution >= 0.6 is 7.14 Å². The van der Waals surface area contributed by atoms with Crippen LogP contribution in [0.15, 0.2) is 60.7 Å². The highest BCUT2D eigenvalue weighted by Gasteiger charge is 2.32. The predicted molar refractivity (Wildman–Crippen MR) is 104 cm³/mol. The Hall–Kier alpha value is -1.37. The van der Waals surface area contributed by atoms with Crippen LogP contribution in [-0.4, -0.2) is 17.4 Å². The first kappa shape index (κ1) is 19.0. The van der Waals surface area contributed by atoms with Crippen LogP contribution in [0, 0.1) is 5.92 Å². The molecule has 3 heteroatoms. The molecular weight excluding hydrogens is 315 g/mol. The Morgan fingerprint density at radius 1 is 0.833 bits per heavy atom. The van der Waals surface area contributed by atoms with E-state index in [0.717, 1.165) is 36.3 Å². The van der Waals surface area contributed by atoms with Crippen molar-refractivity contribution in [3.05, 3.63) is 60.7 Å². The Kier molecular flexibility index (Phi) is 7.27. The second-order valence-electron chi connectivity index (χ2n) is 6.50. The van der Waals surface area contributed by atoms with Crippen LogP contribution in [0.4, 0.5) is 0 Å². The van der Waals surface area contributed by atoms with E-state index < -0.39 is 7.14 Å². The lowest BCUT2D eigenvalue weighted by Crippen LogP contribution is -2.29. The maximum absolute atomic E-state index is 14.1. The van der Waals surface area contributed by atoms with Gasteiger partial charge in [-0.05, 0) is 18.8 Å². The standard InChI is InChI=1S/C21H29O2P/c1-3-11-18(21(22)12-4-2)17-24(23,19-13-7-5-8-14-19)20-15-9-6-10-16-20/h5-10,13-16,18,21-22H,3-4,11-12,17H2,1-2H3/t18-,21-/m0/s1. The number of benzene rings is 2. The molecular formula is C21H29O2P. The summed E-state index contributed by atoms with van der Waals surface area (Å²) in [5.41, 5.74) is 0. The predicted octanol–water partition coefficient (Wildman–Crippen LogP) is 4.58. The van der Waals surface area contributed by atoms with Crippen LogP contribution < -0.4 is 10.6 Å². The minimum atomic E-state index is -2.75. The molecule has 0 unspecified atom stereocenters. The smallest absolute Gasteiger partial charge is 0.143 e. The fourth-order valence-corrected chi connectivity index (χ4v) is 6.45. The third kappa shape index (κ3) is 4.59. The van der Waals surface area contributed by atoms with Gasteiger partial charge in [-0.25, -0.2) is 0 Å². The fraction of sp³-hybridized carbons (Fsp3) is 0.429. The van der Waals surface area contributed by atoms with Crippen LogP contribution in [-0.2, 0) is 4.57 Å². The molecule has 0 spiro atoms. The van der Waals surface area contributed by atoms with Gasteiger partial charge in [0.25, 0.3) is 0 Å². The van der Waals surface area contributed by atoms with Crippen LogP contribution in [0.25, 0.3) is 0 Å². The molecule has 2 aromatic carbocycles. The number of hydrogen-bond acceptors (Lipinski definition) is 2. The van der Waals surface area contributed by atoms with Crippen molar-refractivity contribution in [3.63, 3.8) is 0 Å². The number of aliphatic hydroxyl groups is 1. The molecule has 0 aliphatic carbocycles. The van der Waals surface area contributed by atoms with Gasteiger partial charge in [0.15, 0.2) is 0 Å². The molecule has 130 valence electrons. The Morgan fingerprint density at radius 2 is 1.29 bits per heavy atom. The van der Waals surface area contributed by atoms with Crippen LogP contribution in [0.1, 0.15) is 39.5 Å². The monoisotopic (exact) mass is 344 g/mol. The Balaban J connectivity index is 2.41. The molecule has 2 atom stereocenters. The van der Waals surface area contributed by atoms with E-state index >= 15 is 0 Å². The Labute approximate surface area is 146 Å². The third-order valence-corrected chi connectivity index (χ3v) is 7.87. The van der Waals surface area contributed by atoms with E-state index in [1.54, 1.807) is 0 Å².